The molecule has 0 amide bonds. The zero-order chi connectivity index (χ0) is 14.9. The van der Waals surface area contributed by atoms with Crippen LogP contribution in [-0.4, -0.2) is 15.1 Å². The van der Waals surface area contributed by atoms with Crippen LogP contribution >= 0.6 is 0 Å². The van der Waals surface area contributed by atoms with Crippen LogP contribution in [0.25, 0.3) is 33.5 Å². The molecule has 0 spiro atoms. The van der Waals surface area contributed by atoms with Gasteiger partial charge < -0.3 is 10.1 Å². The summed E-state index contributed by atoms with van der Waals surface area (Å²) in [7, 11) is 0. The molecule has 0 atom stereocenters. The second-order valence-electron chi connectivity index (χ2n) is 5.20. The first-order valence-electron chi connectivity index (χ1n) is 7.15. The molecule has 106 valence electrons. The van der Waals surface area contributed by atoms with Crippen molar-refractivity contribution in [2.75, 3.05) is 0 Å². The molecule has 22 heavy (non-hydrogen) atoms. The monoisotopic (exact) mass is 286 g/mol. The summed E-state index contributed by atoms with van der Waals surface area (Å²) in [5.74, 6) is 0.902. The number of hydrogen-bond donors (Lipinski definition) is 2. The number of para-hydroxylation sites is 2. The number of fused-ring (bicyclic) bond motifs is 1. The average Bonchev–Trinajstić information content (AvgIpc) is 2.99. The van der Waals surface area contributed by atoms with Crippen molar-refractivity contribution < 1.29 is 5.11 Å². The number of rotatable bonds is 2. The molecule has 0 radical (unpaired) electrons. The quantitative estimate of drug-likeness (QED) is 0.565. The minimum atomic E-state index is 0.223. The van der Waals surface area contributed by atoms with Crippen LogP contribution in [0.3, 0.4) is 0 Å². The van der Waals surface area contributed by atoms with E-state index in [2.05, 4.69) is 9.97 Å². The first-order chi connectivity index (χ1) is 10.8. The van der Waals surface area contributed by atoms with Gasteiger partial charge >= 0.3 is 0 Å². The molecular weight excluding hydrogens is 272 g/mol. The van der Waals surface area contributed by atoms with Crippen LogP contribution in [0, 0.1) is 0 Å². The molecule has 2 N–H and O–H groups in total. The third kappa shape index (κ3) is 2.13. The number of aromatic hydroxyl groups is 1. The second-order valence-corrected chi connectivity index (χ2v) is 5.20. The molecule has 0 saturated heterocycles. The van der Waals surface area contributed by atoms with Crippen molar-refractivity contribution >= 4 is 11.0 Å². The Bertz CT molecular complexity index is 909. The molecule has 3 heteroatoms. The predicted octanol–water partition coefficient (Wildman–Crippen LogP) is 4.60. The highest BCUT2D eigenvalue weighted by atomic mass is 16.3. The van der Waals surface area contributed by atoms with E-state index in [9.17, 15) is 5.11 Å². The standard InChI is InChI=1S/C19H14N2O/c22-18-12-14(13-6-2-1-3-7-13)10-11-15(18)19-20-16-8-4-5-9-17(16)21-19/h1-12,22H,(H,20,21). The van der Waals surface area contributed by atoms with Gasteiger partial charge in [-0.2, -0.15) is 0 Å². The van der Waals surface area contributed by atoms with E-state index in [0.29, 0.717) is 11.4 Å². The fraction of sp³-hybridized carbons (Fsp3) is 0. The van der Waals surface area contributed by atoms with E-state index in [-0.39, 0.29) is 5.75 Å². The number of benzene rings is 3. The molecule has 0 aliphatic heterocycles. The summed E-state index contributed by atoms with van der Waals surface area (Å²) in [6.45, 7) is 0. The Balaban J connectivity index is 1.80. The number of phenols is 1. The van der Waals surface area contributed by atoms with E-state index in [1.165, 1.54) is 0 Å². The van der Waals surface area contributed by atoms with Crippen molar-refractivity contribution in [2.45, 2.75) is 0 Å². The summed E-state index contributed by atoms with van der Waals surface area (Å²) in [6.07, 6.45) is 0. The molecule has 0 fully saturated rings. The molecule has 4 aromatic rings. The number of aromatic amines is 1. The number of phenolic OH excluding ortho intramolecular Hbond substituents is 1. The third-order valence-electron chi connectivity index (χ3n) is 3.75. The zero-order valence-corrected chi connectivity index (χ0v) is 11.8. The van der Waals surface area contributed by atoms with E-state index < -0.39 is 0 Å². The minimum Gasteiger partial charge on any atom is -0.507 e. The highest BCUT2D eigenvalue weighted by Gasteiger charge is 2.10. The molecule has 0 unspecified atom stereocenters. The van der Waals surface area contributed by atoms with Crippen molar-refractivity contribution in [3.05, 3.63) is 72.8 Å². The third-order valence-corrected chi connectivity index (χ3v) is 3.75. The van der Waals surface area contributed by atoms with Gasteiger partial charge in [-0.05, 0) is 35.4 Å². The Morgan fingerprint density at radius 1 is 0.773 bits per heavy atom. The average molecular weight is 286 g/mol. The van der Waals surface area contributed by atoms with Gasteiger partial charge in [0.2, 0.25) is 0 Å². The van der Waals surface area contributed by atoms with Gasteiger partial charge in [0.15, 0.2) is 0 Å². The highest BCUT2D eigenvalue weighted by Crippen LogP contribution is 2.32. The molecule has 0 aliphatic rings. The molecule has 4 rings (SSSR count). The van der Waals surface area contributed by atoms with E-state index in [1.54, 1.807) is 6.07 Å². The lowest BCUT2D eigenvalue weighted by Gasteiger charge is -2.05. The maximum absolute atomic E-state index is 10.4. The Kier molecular flexibility index (Phi) is 2.90. The van der Waals surface area contributed by atoms with Crippen molar-refractivity contribution in [1.29, 1.82) is 0 Å². The van der Waals surface area contributed by atoms with Crippen molar-refractivity contribution in [2.24, 2.45) is 0 Å². The van der Waals surface area contributed by atoms with Crippen molar-refractivity contribution in [3.63, 3.8) is 0 Å². The van der Waals surface area contributed by atoms with Crippen molar-refractivity contribution in [3.8, 4) is 28.3 Å². The first kappa shape index (κ1) is 12.7. The maximum Gasteiger partial charge on any atom is 0.142 e. The number of nitrogens with zero attached hydrogens (tertiary/aromatic N) is 1. The second kappa shape index (κ2) is 5.04. The molecule has 3 nitrogen and oxygen atoms in total. The SMILES string of the molecule is Oc1cc(-c2ccccc2)ccc1-c1nc2ccccc2[nH]1. The minimum absolute atomic E-state index is 0.223. The Morgan fingerprint density at radius 3 is 2.32 bits per heavy atom. The van der Waals surface area contributed by atoms with Crippen LogP contribution < -0.4 is 0 Å². The largest absolute Gasteiger partial charge is 0.507 e. The van der Waals surface area contributed by atoms with E-state index in [0.717, 1.165) is 22.2 Å². The number of nitrogens with one attached hydrogen (secondary N) is 1. The van der Waals surface area contributed by atoms with Crippen LogP contribution in [0.4, 0.5) is 0 Å². The topological polar surface area (TPSA) is 48.9 Å². The molecular formula is C19H14N2O. The molecule has 0 aliphatic carbocycles. The maximum atomic E-state index is 10.4. The van der Waals surface area contributed by atoms with Crippen LogP contribution in [0.2, 0.25) is 0 Å². The van der Waals surface area contributed by atoms with E-state index in [4.69, 9.17) is 0 Å². The fourth-order valence-corrected chi connectivity index (χ4v) is 2.62. The van der Waals surface area contributed by atoms with Gasteiger partial charge in [0.05, 0.1) is 16.6 Å². The fourth-order valence-electron chi connectivity index (χ4n) is 2.62. The Labute approximate surface area is 127 Å². The summed E-state index contributed by atoms with van der Waals surface area (Å²) in [5.41, 5.74) is 4.62. The van der Waals surface area contributed by atoms with Gasteiger partial charge in [-0.15, -0.1) is 0 Å². The number of H-pyrrole nitrogens is 1. The van der Waals surface area contributed by atoms with E-state index in [1.807, 2.05) is 66.7 Å². The summed E-state index contributed by atoms with van der Waals surface area (Å²) in [4.78, 5) is 7.77. The van der Waals surface area contributed by atoms with Gasteiger partial charge in [-0.25, -0.2) is 4.98 Å². The van der Waals surface area contributed by atoms with Crippen LogP contribution in [0.1, 0.15) is 0 Å². The predicted molar refractivity (Wildman–Crippen MR) is 88.6 cm³/mol. The zero-order valence-electron chi connectivity index (χ0n) is 11.8. The lowest BCUT2D eigenvalue weighted by molar-refractivity contribution is 0.477. The van der Waals surface area contributed by atoms with Crippen LogP contribution in [-0.2, 0) is 0 Å². The number of hydrogen-bond acceptors (Lipinski definition) is 2. The van der Waals surface area contributed by atoms with Crippen LogP contribution in [0.5, 0.6) is 5.75 Å². The number of imidazole rings is 1. The van der Waals surface area contributed by atoms with Gasteiger partial charge in [0.1, 0.15) is 11.6 Å². The number of aromatic nitrogens is 2. The van der Waals surface area contributed by atoms with E-state index >= 15 is 0 Å². The first-order valence-corrected chi connectivity index (χ1v) is 7.15. The van der Waals surface area contributed by atoms with Gasteiger partial charge in [-0.3, -0.25) is 0 Å². The van der Waals surface area contributed by atoms with Gasteiger partial charge in [-0.1, -0.05) is 48.5 Å². The Morgan fingerprint density at radius 2 is 1.55 bits per heavy atom. The molecule has 0 saturated carbocycles. The smallest absolute Gasteiger partial charge is 0.142 e. The molecule has 1 heterocycles. The summed E-state index contributed by atoms with van der Waals surface area (Å²) < 4.78 is 0. The van der Waals surface area contributed by atoms with Crippen LogP contribution in [0.15, 0.2) is 72.8 Å². The van der Waals surface area contributed by atoms with Gasteiger partial charge in [0, 0.05) is 0 Å². The van der Waals surface area contributed by atoms with Gasteiger partial charge in [0.25, 0.3) is 0 Å². The summed E-state index contributed by atoms with van der Waals surface area (Å²) >= 11 is 0. The summed E-state index contributed by atoms with van der Waals surface area (Å²) in [6, 6.07) is 23.5. The molecule has 3 aromatic carbocycles. The lowest BCUT2D eigenvalue weighted by Crippen LogP contribution is -1.84. The lowest BCUT2D eigenvalue weighted by atomic mass is 10.0. The Hall–Kier alpha value is -3.07. The normalized spacial score (nSPS) is 10.9. The highest BCUT2D eigenvalue weighted by molar-refractivity contribution is 5.81. The summed E-state index contributed by atoms with van der Waals surface area (Å²) in [5, 5.41) is 10.4. The molecule has 0 bridgehead atoms. The molecule has 1 aromatic heterocycles. The van der Waals surface area contributed by atoms with Crippen molar-refractivity contribution in [1.82, 2.24) is 9.97 Å².